The average Bonchev–Trinajstić information content (AvgIpc) is 2.81. The first-order chi connectivity index (χ1) is 9.54. The van der Waals surface area contributed by atoms with Crippen molar-refractivity contribution in [3.05, 3.63) is 0 Å². The summed E-state index contributed by atoms with van der Waals surface area (Å²) >= 11 is 0. The number of hydrogen-bond donors (Lipinski definition) is 1. The number of carboxylic acids is 1. The minimum Gasteiger partial charge on any atom is -0.481 e. The van der Waals surface area contributed by atoms with E-state index in [9.17, 15) is 9.59 Å². The minimum atomic E-state index is -0.799. The summed E-state index contributed by atoms with van der Waals surface area (Å²) in [7, 11) is 1.70. The van der Waals surface area contributed by atoms with Crippen LogP contribution in [0.1, 0.15) is 26.2 Å². The molecule has 0 aromatic heterocycles. The largest absolute Gasteiger partial charge is 0.481 e. The highest BCUT2D eigenvalue weighted by atomic mass is 16.5. The Morgan fingerprint density at radius 2 is 1.85 bits per heavy atom. The van der Waals surface area contributed by atoms with E-state index in [4.69, 9.17) is 9.84 Å². The van der Waals surface area contributed by atoms with Crippen molar-refractivity contribution in [1.29, 1.82) is 0 Å². The van der Waals surface area contributed by atoms with Crippen LogP contribution in [0.5, 0.6) is 0 Å². The number of methoxy groups -OCH3 is 1. The van der Waals surface area contributed by atoms with E-state index in [1.165, 1.54) is 0 Å². The van der Waals surface area contributed by atoms with Crippen LogP contribution in [0.15, 0.2) is 0 Å². The molecule has 2 aliphatic heterocycles. The fourth-order valence-electron chi connectivity index (χ4n) is 3.25. The third-order valence-corrected chi connectivity index (χ3v) is 4.61. The second-order valence-electron chi connectivity index (χ2n) is 5.84. The third-order valence-electron chi connectivity index (χ3n) is 4.61. The number of ether oxygens (including phenoxy) is 1. The average molecular weight is 284 g/mol. The summed E-state index contributed by atoms with van der Waals surface area (Å²) in [5.41, 5.74) is 0. The lowest BCUT2D eigenvalue weighted by Gasteiger charge is -2.36. The molecule has 6 heteroatoms. The number of carbonyl (C=O) groups is 2. The van der Waals surface area contributed by atoms with E-state index in [1.54, 1.807) is 12.0 Å². The van der Waals surface area contributed by atoms with Crippen LogP contribution in [0.4, 0.5) is 4.79 Å². The Bertz CT molecular complexity index is 366. The molecule has 2 atom stereocenters. The van der Waals surface area contributed by atoms with Crippen LogP contribution in [0.2, 0.25) is 0 Å². The highest BCUT2D eigenvalue weighted by Crippen LogP contribution is 2.27. The number of carbonyl (C=O) groups excluding carboxylic acids is 1. The van der Waals surface area contributed by atoms with Gasteiger partial charge < -0.3 is 19.6 Å². The van der Waals surface area contributed by atoms with Crippen LogP contribution < -0.4 is 0 Å². The Morgan fingerprint density at radius 3 is 2.35 bits per heavy atom. The van der Waals surface area contributed by atoms with Crippen molar-refractivity contribution in [2.45, 2.75) is 32.2 Å². The molecule has 0 saturated carbocycles. The summed E-state index contributed by atoms with van der Waals surface area (Å²) in [5, 5.41) is 9.12. The van der Waals surface area contributed by atoms with E-state index in [-0.39, 0.29) is 12.1 Å². The molecule has 0 radical (unpaired) electrons. The van der Waals surface area contributed by atoms with Gasteiger partial charge in [0.1, 0.15) is 0 Å². The molecule has 0 aromatic carbocycles. The molecule has 0 aliphatic carbocycles. The standard InChI is InChI=1S/C14H24N2O4/c1-10-12(13(17)18)5-8-16(10)14(19)15-6-3-11(4-7-15)9-20-2/h10-12H,3-9H2,1-2H3,(H,17,18). The van der Waals surface area contributed by atoms with Crippen molar-refractivity contribution in [2.24, 2.45) is 11.8 Å². The van der Waals surface area contributed by atoms with Gasteiger partial charge in [-0.2, -0.15) is 0 Å². The highest BCUT2D eigenvalue weighted by molar-refractivity contribution is 5.78. The van der Waals surface area contributed by atoms with Gasteiger partial charge in [-0.25, -0.2) is 4.79 Å². The van der Waals surface area contributed by atoms with Gasteiger partial charge in [-0.15, -0.1) is 0 Å². The molecular formula is C14H24N2O4. The second-order valence-corrected chi connectivity index (χ2v) is 5.84. The van der Waals surface area contributed by atoms with E-state index >= 15 is 0 Å². The van der Waals surface area contributed by atoms with Crippen molar-refractivity contribution in [3.8, 4) is 0 Å². The van der Waals surface area contributed by atoms with Gasteiger partial charge in [0.05, 0.1) is 5.92 Å². The molecule has 20 heavy (non-hydrogen) atoms. The Hall–Kier alpha value is -1.30. The number of carboxylic acid groups (broad SMARTS) is 1. The van der Waals surface area contributed by atoms with Gasteiger partial charge >= 0.3 is 12.0 Å². The van der Waals surface area contributed by atoms with Crippen LogP contribution in [-0.2, 0) is 9.53 Å². The molecule has 6 nitrogen and oxygen atoms in total. The van der Waals surface area contributed by atoms with Crippen molar-refractivity contribution >= 4 is 12.0 Å². The topological polar surface area (TPSA) is 70.1 Å². The molecule has 0 aromatic rings. The van der Waals surface area contributed by atoms with Crippen LogP contribution in [-0.4, -0.2) is 66.3 Å². The summed E-state index contributed by atoms with van der Waals surface area (Å²) in [6.45, 7) is 4.63. The van der Waals surface area contributed by atoms with Gasteiger partial charge in [-0.3, -0.25) is 4.79 Å². The van der Waals surface area contributed by atoms with Gasteiger partial charge in [0, 0.05) is 39.4 Å². The molecule has 2 unspecified atom stereocenters. The quantitative estimate of drug-likeness (QED) is 0.847. The van der Waals surface area contributed by atoms with E-state index in [0.29, 0.717) is 18.9 Å². The Balaban J connectivity index is 1.88. The molecule has 0 bridgehead atoms. The maximum absolute atomic E-state index is 12.5. The number of piperidine rings is 1. The van der Waals surface area contributed by atoms with Crippen LogP contribution in [0.25, 0.3) is 0 Å². The zero-order valence-corrected chi connectivity index (χ0v) is 12.2. The molecule has 2 amide bonds. The molecule has 2 rings (SSSR count). The number of likely N-dealkylation sites (tertiary alicyclic amines) is 2. The predicted molar refractivity (Wildman–Crippen MR) is 73.5 cm³/mol. The van der Waals surface area contributed by atoms with Gasteiger partial charge in [0.25, 0.3) is 0 Å². The van der Waals surface area contributed by atoms with E-state index in [1.807, 2.05) is 11.8 Å². The van der Waals surface area contributed by atoms with Gasteiger partial charge in [0.2, 0.25) is 0 Å². The van der Waals surface area contributed by atoms with E-state index in [0.717, 1.165) is 32.5 Å². The highest BCUT2D eigenvalue weighted by Gasteiger charge is 2.40. The first kappa shape index (κ1) is 15.1. The zero-order valence-electron chi connectivity index (χ0n) is 12.2. The van der Waals surface area contributed by atoms with Gasteiger partial charge in [0.15, 0.2) is 0 Å². The lowest BCUT2D eigenvalue weighted by molar-refractivity contribution is -0.142. The van der Waals surface area contributed by atoms with Crippen molar-refractivity contribution in [1.82, 2.24) is 9.80 Å². The molecule has 2 heterocycles. The number of nitrogens with zero attached hydrogens (tertiary/aromatic N) is 2. The van der Waals surface area contributed by atoms with Crippen molar-refractivity contribution < 1.29 is 19.4 Å². The van der Waals surface area contributed by atoms with Gasteiger partial charge in [-0.05, 0) is 32.1 Å². The third kappa shape index (κ3) is 3.06. The minimum absolute atomic E-state index is 0.00267. The summed E-state index contributed by atoms with van der Waals surface area (Å²) in [4.78, 5) is 27.1. The predicted octanol–water partition coefficient (Wildman–Crippen LogP) is 1.26. The number of hydrogen-bond acceptors (Lipinski definition) is 3. The Morgan fingerprint density at radius 1 is 1.20 bits per heavy atom. The molecule has 2 aliphatic rings. The molecular weight excluding hydrogens is 260 g/mol. The normalized spacial score (nSPS) is 27.9. The molecule has 1 N–H and O–H groups in total. The molecule has 114 valence electrons. The first-order valence-electron chi connectivity index (χ1n) is 7.32. The number of amides is 2. The van der Waals surface area contributed by atoms with Crippen molar-refractivity contribution in [3.63, 3.8) is 0 Å². The second kappa shape index (κ2) is 6.43. The zero-order chi connectivity index (χ0) is 14.7. The van der Waals surface area contributed by atoms with Crippen molar-refractivity contribution in [2.75, 3.05) is 33.4 Å². The lowest BCUT2D eigenvalue weighted by atomic mass is 9.98. The molecule has 2 saturated heterocycles. The van der Waals surface area contributed by atoms with E-state index in [2.05, 4.69) is 0 Å². The monoisotopic (exact) mass is 284 g/mol. The first-order valence-corrected chi connectivity index (χ1v) is 7.32. The number of urea groups is 1. The summed E-state index contributed by atoms with van der Waals surface area (Å²) in [6.07, 6.45) is 2.48. The van der Waals surface area contributed by atoms with Gasteiger partial charge in [-0.1, -0.05) is 0 Å². The number of rotatable bonds is 3. The van der Waals surface area contributed by atoms with E-state index < -0.39 is 11.9 Å². The molecule has 2 fully saturated rings. The summed E-state index contributed by atoms with van der Waals surface area (Å²) in [5.74, 6) is -0.691. The van der Waals surface area contributed by atoms with Crippen LogP contribution >= 0.6 is 0 Å². The molecule has 0 spiro atoms. The van der Waals surface area contributed by atoms with Crippen LogP contribution in [0, 0.1) is 11.8 Å². The van der Waals surface area contributed by atoms with Crippen LogP contribution in [0.3, 0.4) is 0 Å². The maximum atomic E-state index is 12.5. The Labute approximate surface area is 119 Å². The summed E-state index contributed by atoms with van der Waals surface area (Å²) in [6, 6.07) is -0.214. The SMILES string of the molecule is COCC1CCN(C(=O)N2CCC(C(=O)O)C2C)CC1. The fraction of sp³-hybridized carbons (Fsp3) is 0.857. The summed E-state index contributed by atoms with van der Waals surface area (Å²) < 4.78 is 5.16. The fourth-order valence-corrected chi connectivity index (χ4v) is 3.25. The Kier molecular flexibility index (Phi) is 4.86. The smallest absolute Gasteiger partial charge is 0.320 e. The number of aliphatic carboxylic acids is 1. The maximum Gasteiger partial charge on any atom is 0.320 e. The lowest BCUT2D eigenvalue weighted by Crippen LogP contribution is -2.49.